The van der Waals surface area contributed by atoms with Gasteiger partial charge in [-0.3, -0.25) is 4.79 Å². The summed E-state index contributed by atoms with van der Waals surface area (Å²) in [5.74, 6) is -0.408. The van der Waals surface area contributed by atoms with Crippen molar-refractivity contribution in [3.8, 4) is 5.69 Å². The van der Waals surface area contributed by atoms with Crippen molar-refractivity contribution in [2.24, 2.45) is 5.92 Å². The van der Waals surface area contributed by atoms with E-state index in [1.165, 1.54) is 46.8 Å². The second-order valence-corrected chi connectivity index (χ2v) is 10.1. The molecule has 3 aromatic rings. The Hall–Kier alpha value is -3.25. The molecule has 1 N–H and O–H groups in total. The molecule has 1 unspecified atom stereocenters. The van der Waals surface area contributed by atoms with Gasteiger partial charge in [0.1, 0.15) is 0 Å². The molecule has 1 atom stereocenters. The van der Waals surface area contributed by atoms with Gasteiger partial charge in [0, 0.05) is 18.8 Å². The minimum absolute atomic E-state index is 0.120. The number of alkyl halides is 3. The molecule has 8 nitrogen and oxygen atoms in total. The van der Waals surface area contributed by atoms with Crippen molar-refractivity contribution in [1.29, 1.82) is 0 Å². The Kier molecular flexibility index (Phi) is 6.45. The Morgan fingerprint density at radius 1 is 1.12 bits per heavy atom. The van der Waals surface area contributed by atoms with Gasteiger partial charge in [-0.25, -0.2) is 13.1 Å². The molecule has 34 heavy (non-hydrogen) atoms. The highest BCUT2D eigenvalue weighted by molar-refractivity contribution is 7.89. The van der Waals surface area contributed by atoms with Gasteiger partial charge in [-0.1, -0.05) is 24.3 Å². The van der Waals surface area contributed by atoms with Gasteiger partial charge >= 0.3 is 6.18 Å². The summed E-state index contributed by atoms with van der Waals surface area (Å²) in [5.41, 5.74) is -1.06. The fourth-order valence-electron chi connectivity index (χ4n) is 3.82. The molecular weight excluding hydrogens is 471 g/mol. The zero-order valence-electron chi connectivity index (χ0n) is 18.2. The highest BCUT2D eigenvalue weighted by atomic mass is 32.2. The average Bonchev–Trinajstić information content (AvgIpc) is 3.29. The third kappa shape index (κ3) is 4.97. The number of sulfonamides is 1. The van der Waals surface area contributed by atoms with Gasteiger partial charge in [0.05, 0.1) is 22.3 Å². The zero-order valence-corrected chi connectivity index (χ0v) is 19.0. The molecule has 1 aliphatic rings. The molecule has 1 fully saturated rings. The number of aromatic nitrogens is 3. The lowest BCUT2D eigenvalue weighted by molar-refractivity contribution is -0.137. The quantitative estimate of drug-likeness (QED) is 0.580. The van der Waals surface area contributed by atoms with Crippen molar-refractivity contribution in [3.63, 3.8) is 0 Å². The Balaban J connectivity index is 1.48. The standard InChI is InChI=1S/C22H22F3N5O3S/c1-15-5-4-12-29(13-15)34(32,33)17-10-8-16(9-11-17)26-21(31)19-14-30(28-27-19)20-7-3-2-6-18(20)22(23,24)25/h2-3,6-11,14-15H,4-5,12-13H2,1H3,(H,26,31). The largest absolute Gasteiger partial charge is 0.418 e. The van der Waals surface area contributed by atoms with Gasteiger partial charge < -0.3 is 5.32 Å². The van der Waals surface area contributed by atoms with E-state index in [1.807, 2.05) is 6.92 Å². The minimum Gasteiger partial charge on any atom is -0.321 e. The average molecular weight is 494 g/mol. The van der Waals surface area contributed by atoms with Gasteiger partial charge in [0.2, 0.25) is 10.0 Å². The molecule has 1 saturated heterocycles. The number of hydrogen-bond donors (Lipinski definition) is 1. The van der Waals surface area contributed by atoms with Crippen LogP contribution in [0.15, 0.2) is 59.6 Å². The van der Waals surface area contributed by atoms with E-state index in [1.54, 1.807) is 0 Å². The van der Waals surface area contributed by atoms with Gasteiger partial charge in [-0.15, -0.1) is 5.10 Å². The van der Waals surface area contributed by atoms with E-state index in [2.05, 4.69) is 15.6 Å². The van der Waals surface area contributed by atoms with Crippen LogP contribution in [0.1, 0.15) is 35.8 Å². The molecule has 2 aromatic carbocycles. The van der Waals surface area contributed by atoms with Crippen LogP contribution >= 0.6 is 0 Å². The van der Waals surface area contributed by atoms with Crippen LogP contribution < -0.4 is 5.32 Å². The minimum atomic E-state index is -4.60. The van der Waals surface area contributed by atoms with E-state index in [9.17, 15) is 26.4 Å². The van der Waals surface area contributed by atoms with Crippen molar-refractivity contribution in [1.82, 2.24) is 19.3 Å². The first-order valence-corrected chi connectivity index (χ1v) is 12.0. The van der Waals surface area contributed by atoms with E-state index in [4.69, 9.17) is 0 Å². The molecule has 4 rings (SSSR count). The summed E-state index contributed by atoms with van der Waals surface area (Å²) in [4.78, 5) is 12.6. The van der Waals surface area contributed by atoms with Crippen molar-refractivity contribution in [2.45, 2.75) is 30.8 Å². The molecular formula is C22H22F3N5O3S. The number of piperidine rings is 1. The van der Waals surface area contributed by atoms with Crippen LogP contribution in [-0.4, -0.2) is 46.7 Å². The summed E-state index contributed by atoms with van der Waals surface area (Å²) in [6.07, 6.45) is -1.71. The maximum Gasteiger partial charge on any atom is 0.418 e. The number of halogens is 3. The summed E-state index contributed by atoms with van der Waals surface area (Å²) in [7, 11) is -3.63. The number of rotatable bonds is 5. The molecule has 180 valence electrons. The molecule has 2 heterocycles. The lowest BCUT2D eigenvalue weighted by atomic mass is 10.0. The second-order valence-electron chi connectivity index (χ2n) is 8.15. The van der Waals surface area contributed by atoms with E-state index in [0.717, 1.165) is 29.8 Å². The first-order chi connectivity index (χ1) is 16.1. The normalized spacial score (nSPS) is 17.5. The molecule has 1 aromatic heterocycles. The molecule has 1 aliphatic heterocycles. The highest BCUT2D eigenvalue weighted by Crippen LogP contribution is 2.33. The fraction of sp³-hybridized carbons (Fsp3) is 0.318. The van der Waals surface area contributed by atoms with Crippen LogP contribution in [0.25, 0.3) is 5.69 Å². The number of nitrogens with zero attached hydrogens (tertiary/aromatic N) is 4. The second kappa shape index (κ2) is 9.18. The van der Waals surface area contributed by atoms with Crippen molar-refractivity contribution < 1.29 is 26.4 Å². The molecule has 0 saturated carbocycles. The number of hydrogen-bond acceptors (Lipinski definition) is 5. The van der Waals surface area contributed by atoms with Crippen LogP contribution in [0.4, 0.5) is 18.9 Å². The lowest BCUT2D eigenvalue weighted by Gasteiger charge is -2.30. The number of para-hydroxylation sites is 1. The molecule has 0 spiro atoms. The zero-order chi connectivity index (χ0) is 24.5. The number of carbonyl (C=O) groups excluding carboxylic acids is 1. The smallest absolute Gasteiger partial charge is 0.321 e. The maximum absolute atomic E-state index is 13.3. The van der Waals surface area contributed by atoms with E-state index in [0.29, 0.717) is 24.7 Å². The van der Waals surface area contributed by atoms with Crippen LogP contribution in [0.2, 0.25) is 0 Å². The van der Waals surface area contributed by atoms with Crippen LogP contribution in [-0.2, 0) is 16.2 Å². The van der Waals surface area contributed by atoms with Gasteiger partial charge in [0.25, 0.3) is 5.91 Å². The third-order valence-electron chi connectivity index (χ3n) is 5.55. The Morgan fingerprint density at radius 2 is 1.82 bits per heavy atom. The van der Waals surface area contributed by atoms with Crippen LogP contribution in [0.3, 0.4) is 0 Å². The van der Waals surface area contributed by atoms with Crippen LogP contribution in [0.5, 0.6) is 0 Å². The lowest BCUT2D eigenvalue weighted by Crippen LogP contribution is -2.39. The van der Waals surface area contributed by atoms with Crippen molar-refractivity contribution in [3.05, 3.63) is 66.0 Å². The van der Waals surface area contributed by atoms with Crippen LogP contribution in [0, 0.1) is 5.92 Å². The molecule has 0 bridgehead atoms. The summed E-state index contributed by atoms with van der Waals surface area (Å²) in [6, 6.07) is 10.5. The highest BCUT2D eigenvalue weighted by Gasteiger charge is 2.34. The molecule has 0 radical (unpaired) electrons. The Morgan fingerprint density at radius 3 is 2.50 bits per heavy atom. The first-order valence-electron chi connectivity index (χ1n) is 10.6. The van der Waals surface area contributed by atoms with Crippen molar-refractivity contribution in [2.75, 3.05) is 18.4 Å². The monoisotopic (exact) mass is 493 g/mol. The predicted octanol–water partition coefficient (Wildman–Crippen LogP) is 3.96. The SMILES string of the molecule is CC1CCCN(S(=O)(=O)c2ccc(NC(=O)c3cn(-c4ccccc4C(F)(F)F)nn3)cc2)C1. The fourth-order valence-corrected chi connectivity index (χ4v) is 5.42. The number of carbonyl (C=O) groups is 1. The number of nitrogens with one attached hydrogen (secondary N) is 1. The summed E-state index contributed by atoms with van der Waals surface area (Å²) in [6.45, 7) is 2.95. The molecule has 1 amide bonds. The van der Waals surface area contributed by atoms with Gasteiger partial charge in [-0.05, 0) is 55.2 Å². The summed E-state index contributed by atoms with van der Waals surface area (Å²) < 4.78 is 67.8. The third-order valence-corrected chi connectivity index (χ3v) is 7.43. The number of anilines is 1. The predicted molar refractivity (Wildman–Crippen MR) is 118 cm³/mol. The summed E-state index contributed by atoms with van der Waals surface area (Å²) >= 11 is 0. The van der Waals surface area contributed by atoms with E-state index < -0.39 is 27.7 Å². The Bertz CT molecular complexity index is 1290. The number of amides is 1. The number of benzene rings is 2. The van der Waals surface area contributed by atoms with Crippen molar-refractivity contribution >= 4 is 21.6 Å². The molecule has 12 heteroatoms. The van der Waals surface area contributed by atoms with E-state index >= 15 is 0 Å². The van der Waals surface area contributed by atoms with Gasteiger partial charge in [-0.2, -0.15) is 17.5 Å². The van der Waals surface area contributed by atoms with E-state index in [-0.39, 0.29) is 16.3 Å². The first kappa shape index (κ1) is 23.9. The Labute approximate surface area is 194 Å². The molecule has 0 aliphatic carbocycles. The topological polar surface area (TPSA) is 97.2 Å². The van der Waals surface area contributed by atoms with Gasteiger partial charge in [0.15, 0.2) is 5.69 Å². The maximum atomic E-state index is 13.3. The summed E-state index contributed by atoms with van der Waals surface area (Å²) in [5, 5.41) is 9.86.